The van der Waals surface area contributed by atoms with Gasteiger partial charge in [-0.2, -0.15) is 0 Å². The van der Waals surface area contributed by atoms with E-state index in [0.717, 1.165) is 18.7 Å². The van der Waals surface area contributed by atoms with Crippen molar-refractivity contribution in [2.24, 2.45) is 0 Å². The molecule has 28 heavy (non-hydrogen) atoms. The van der Waals surface area contributed by atoms with Gasteiger partial charge < -0.3 is 19.1 Å². The molecule has 2 fully saturated rings. The van der Waals surface area contributed by atoms with Gasteiger partial charge in [0.2, 0.25) is 0 Å². The molecule has 1 N–H and O–H groups in total. The van der Waals surface area contributed by atoms with Crippen LogP contribution < -0.4 is 14.4 Å². The van der Waals surface area contributed by atoms with E-state index < -0.39 is 11.7 Å². The Hall–Kier alpha value is -1.67. The summed E-state index contributed by atoms with van der Waals surface area (Å²) in [5.41, 5.74) is 1.12. The molecule has 0 unspecified atom stereocenters. The number of carbonyl (C=O) groups is 1. The van der Waals surface area contributed by atoms with Crippen LogP contribution in [0.1, 0.15) is 16.8 Å². The summed E-state index contributed by atoms with van der Waals surface area (Å²) >= 11 is 13.8. The lowest BCUT2D eigenvalue weighted by molar-refractivity contribution is -0.0796. The third kappa shape index (κ3) is 4.33. The van der Waals surface area contributed by atoms with Gasteiger partial charge in [-0.1, -0.05) is 23.2 Å². The molecule has 0 atom stereocenters. The first-order valence-electron chi connectivity index (χ1n) is 8.75. The van der Waals surface area contributed by atoms with Crippen LogP contribution in [0.3, 0.4) is 0 Å². The molecule has 0 spiro atoms. The van der Waals surface area contributed by atoms with Gasteiger partial charge in [0, 0.05) is 29.1 Å². The van der Waals surface area contributed by atoms with Gasteiger partial charge in [0.1, 0.15) is 17.7 Å². The van der Waals surface area contributed by atoms with Gasteiger partial charge in [0.15, 0.2) is 0 Å². The second-order valence-electron chi connectivity index (χ2n) is 6.49. The Morgan fingerprint density at radius 1 is 1.25 bits per heavy atom. The molecule has 4 rings (SSSR count). The van der Waals surface area contributed by atoms with E-state index in [2.05, 4.69) is 5.32 Å². The molecule has 148 valence electrons. The minimum absolute atomic E-state index is 0.0276. The van der Waals surface area contributed by atoms with Gasteiger partial charge in [-0.05, 0) is 42.6 Å². The van der Waals surface area contributed by atoms with Crippen LogP contribution >= 0.6 is 35.1 Å². The van der Waals surface area contributed by atoms with Crippen LogP contribution in [0.4, 0.5) is 15.8 Å². The van der Waals surface area contributed by atoms with E-state index in [1.165, 1.54) is 6.07 Å². The first kappa shape index (κ1) is 19.6. The Kier molecular flexibility index (Phi) is 5.87. The van der Waals surface area contributed by atoms with Crippen LogP contribution in [0.25, 0.3) is 0 Å². The standard InChI is InChI=1S/C19H17Cl2FN2O3S/c20-11-4-12(6-14(5-11)27-15-9-26-10-15)23-19(25)16-7-13(8-17(22)18(16)21)24-2-1-3-28-24/h4-8,15H,1-3,9-10H2,(H,23,25). The fourth-order valence-corrected chi connectivity index (χ4v) is 4.32. The number of nitrogens with one attached hydrogen (secondary N) is 1. The van der Waals surface area contributed by atoms with Gasteiger partial charge in [0.25, 0.3) is 5.91 Å². The third-order valence-corrected chi connectivity index (χ3v) is 6.12. The molecule has 2 heterocycles. The fraction of sp³-hybridized carbons (Fsp3) is 0.316. The highest BCUT2D eigenvalue weighted by atomic mass is 35.5. The van der Waals surface area contributed by atoms with Crippen molar-refractivity contribution in [1.29, 1.82) is 0 Å². The van der Waals surface area contributed by atoms with Crippen LogP contribution in [-0.4, -0.2) is 37.5 Å². The van der Waals surface area contributed by atoms with Crippen LogP contribution in [0.5, 0.6) is 5.75 Å². The highest BCUT2D eigenvalue weighted by molar-refractivity contribution is 8.00. The van der Waals surface area contributed by atoms with E-state index in [1.54, 1.807) is 36.2 Å². The molecule has 5 nitrogen and oxygen atoms in total. The smallest absolute Gasteiger partial charge is 0.257 e. The summed E-state index contributed by atoms with van der Waals surface area (Å²) in [5, 5.41) is 2.92. The predicted octanol–water partition coefficient (Wildman–Crippen LogP) is 5.02. The molecule has 0 radical (unpaired) electrons. The average molecular weight is 443 g/mol. The molecule has 2 aliphatic heterocycles. The lowest BCUT2D eigenvalue weighted by Gasteiger charge is -2.27. The maximum Gasteiger partial charge on any atom is 0.257 e. The number of benzene rings is 2. The number of ether oxygens (including phenoxy) is 2. The van der Waals surface area contributed by atoms with Crippen LogP contribution in [0, 0.1) is 5.82 Å². The lowest BCUT2D eigenvalue weighted by Crippen LogP contribution is -2.38. The zero-order valence-electron chi connectivity index (χ0n) is 14.7. The van der Waals surface area contributed by atoms with Crippen molar-refractivity contribution in [3.05, 3.63) is 51.8 Å². The first-order chi connectivity index (χ1) is 13.5. The van der Waals surface area contributed by atoms with Crippen molar-refractivity contribution >= 4 is 52.4 Å². The van der Waals surface area contributed by atoms with Gasteiger partial charge in [-0.3, -0.25) is 4.79 Å². The molecule has 2 aliphatic rings. The van der Waals surface area contributed by atoms with Gasteiger partial charge in [-0.25, -0.2) is 4.39 Å². The zero-order chi connectivity index (χ0) is 19.7. The number of hydrogen-bond acceptors (Lipinski definition) is 5. The van der Waals surface area contributed by atoms with E-state index in [4.69, 9.17) is 32.7 Å². The Morgan fingerprint density at radius 2 is 2.07 bits per heavy atom. The van der Waals surface area contributed by atoms with Crippen LogP contribution in [-0.2, 0) is 4.74 Å². The van der Waals surface area contributed by atoms with Crippen molar-refractivity contribution in [3.63, 3.8) is 0 Å². The van der Waals surface area contributed by atoms with E-state index in [1.807, 2.05) is 4.31 Å². The predicted molar refractivity (Wildman–Crippen MR) is 110 cm³/mol. The van der Waals surface area contributed by atoms with Crippen molar-refractivity contribution in [1.82, 2.24) is 0 Å². The topological polar surface area (TPSA) is 50.8 Å². The second kappa shape index (κ2) is 8.37. The van der Waals surface area contributed by atoms with Crippen molar-refractivity contribution < 1.29 is 18.7 Å². The minimum Gasteiger partial charge on any atom is -0.485 e. The maximum atomic E-state index is 14.3. The van der Waals surface area contributed by atoms with E-state index in [9.17, 15) is 9.18 Å². The normalized spacial score (nSPS) is 16.8. The van der Waals surface area contributed by atoms with E-state index >= 15 is 0 Å². The van der Waals surface area contributed by atoms with Gasteiger partial charge in [-0.15, -0.1) is 0 Å². The van der Waals surface area contributed by atoms with Crippen LogP contribution in [0.2, 0.25) is 10.0 Å². The number of hydrogen-bond donors (Lipinski definition) is 1. The van der Waals surface area contributed by atoms with Gasteiger partial charge in [0.05, 0.1) is 29.5 Å². The third-order valence-electron chi connectivity index (χ3n) is 4.34. The molecule has 0 saturated carbocycles. The number of amides is 1. The quantitative estimate of drug-likeness (QED) is 0.658. The molecule has 0 bridgehead atoms. The summed E-state index contributed by atoms with van der Waals surface area (Å²) < 4.78 is 27.1. The first-order valence-corrected chi connectivity index (χ1v) is 10.5. The summed E-state index contributed by atoms with van der Waals surface area (Å²) in [4.78, 5) is 12.8. The molecule has 2 saturated heterocycles. The number of rotatable bonds is 5. The van der Waals surface area contributed by atoms with E-state index in [0.29, 0.717) is 35.4 Å². The number of halogens is 3. The molecular formula is C19H17Cl2FN2O3S. The molecular weight excluding hydrogens is 426 g/mol. The van der Waals surface area contributed by atoms with Gasteiger partial charge >= 0.3 is 0 Å². The highest BCUT2D eigenvalue weighted by Gasteiger charge is 2.22. The molecule has 2 aromatic rings. The highest BCUT2D eigenvalue weighted by Crippen LogP contribution is 2.34. The van der Waals surface area contributed by atoms with Crippen molar-refractivity contribution in [2.45, 2.75) is 12.5 Å². The summed E-state index contributed by atoms with van der Waals surface area (Å²) in [6, 6.07) is 7.87. The lowest BCUT2D eigenvalue weighted by atomic mass is 10.1. The number of anilines is 2. The van der Waals surface area contributed by atoms with Crippen molar-refractivity contribution in [2.75, 3.05) is 35.1 Å². The zero-order valence-corrected chi connectivity index (χ0v) is 17.0. The van der Waals surface area contributed by atoms with Crippen molar-refractivity contribution in [3.8, 4) is 5.75 Å². The van der Waals surface area contributed by atoms with E-state index in [-0.39, 0.29) is 16.7 Å². The molecule has 9 heteroatoms. The Bertz CT molecular complexity index is 905. The SMILES string of the molecule is O=C(Nc1cc(Cl)cc(OC2COC2)c1)c1cc(N2CCCS2)cc(F)c1Cl. The number of carbonyl (C=O) groups excluding carboxylic acids is 1. The minimum atomic E-state index is -0.628. The molecule has 1 amide bonds. The summed E-state index contributed by atoms with van der Waals surface area (Å²) in [6.07, 6.45) is 0.980. The molecule has 2 aromatic carbocycles. The molecule has 0 aliphatic carbocycles. The Morgan fingerprint density at radius 3 is 2.75 bits per heavy atom. The average Bonchev–Trinajstić information content (AvgIpc) is 3.14. The Balaban J connectivity index is 1.56. The fourth-order valence-electron chi connectivity index (χ4n) is 2.91. The summed E-state index contributed by atoms with van der Waals surface area (Å²) in [5.74, 6) is 0.339. The van der Waals surface area contributed by atoms with Crippen LogP contribution in [0.15, 0.2) is 30.3 Å². The largest absolute Gasteiger partial charge is 0.485 e. The second-order valence-corrected chi connectivity index (χ2v) is 8.41. The molecule has 0 aromatic heterocycles. The number of nitrogens with zero attached hydrogens (tertiary/aromatic N) is 1. The monoisotopic (exact) mass is 442 g/mol. The maximum absolute atomic E-state index is 14.3. The summed E-state index contributed by atoms with van der Waals surface area (Å²) in [6.45, 7) is 1.83. The summed E-state index contributed by atoms with van der Waals surface area (Å²) in [7, 11) is 0. The Labute approximate surface area is 176 Å².